The van der Waals surface area contributed by atoms with Crippen molar-refractivity contribution in [2.45, 2.75) is 6.18 Å². The van der Waals surface area contributed by atoms with Gasteiger partial charge in [0.1, 0.15) is 17.0 Å². The molecule has 0 saturated heterocycles. The average molecular weight is 258 g/mol. The molecule has 6 nitrogen and oxygen atoms in total. The summed E-state index contributed by atoms with van der Waals surface area (Å²) in [7, 11) is 0. The van der Waals surface area contributed by atoms with Crippen LogP contribution in [0.3, 0.4) is 0 Å². The minimum Gasteiger partial charge on any atom is -0.478 e. The molecule has 0 amide bonds. The van der Waals surface area contributed by atoms with Crippen LogP contribution in [0.2, 0.25) is 0 Å². The molecule has 2 N–H and O–H groups in total. The van der Waals surface area contributed by atoms with Gasteiger partial charge in [0.15, 0.2) is 5.69 Å². The fourth-order valence-corrected chi connectivity index (χ4v) is 1.36. The van der Waals surface area contributed by atoms with Gasteiger partial charge in [0.05, 0.1) is 6.20 Å². The van der Waals surface area contributed by atoms with Crippen molar-refractivity contribution in [3.05, 3.63) is 29.8 Å². The predicted molar refractivity (Wildman–Crippen MR) is 51.6 cm³/mol. The Kier molecular flexibility index (Phi) is 2.73. The minimum absolute atomic E-state index is 0.331. The van der Waals surface area contributed by atoms with Crippen LogP contribution < -0.4 is 0 Å². The summed E-state index contributed by atoms with van der Waals surface area (Å²) in [6.07, 6.45) is -1.91. The molecule has 0 unspecified atom stereocenters. The number of rotatable bonds is 2. The lowest BCUT2D eigenvalue weighted by molar-refractivity contribution is -0.140. The van der Waals surface area contributed by atoms with Gasteiger partial charge in [-0.25, -0.2) is 9.78 Å². The number of aromatic nitrogens is 4. The van der Waals surface area contributed by atoms with Crippen LogP contribution in [0.1, 0.15) is 16.1 Å². The Labute approximate surface area is 97.5 Å². The summed E-state index contributed by atoms with van der Waals surface area (Å²) >= 11 is 0. The van der Waals surface area contributed by atoms with Gasteiger partial charge < -0.3 is 5.11 Å². The van der Waals surface area contributed by atoms with Crippen molar-refractivity contribution in [1.82, 2.24) is 20.2 Å². The number of H-pyrrole nitrogens is 1. The number of hydrogen-bond donors (Lipinski definition) is 2. The molecule has 0 fully saturated rings. The van der Waals surface area contributed by atoms with Gasteiger partial charge in [0, 0.05) is 12.4 Å². The number of carboxylic acid groups (broad SMARTS) is 1. The lowest BCUT2D eigenvalue weighted by atomic mass is 10.1. The van der Waals surface area contributed by atoms with E-state index in [0.717, 1.165) is 18.6 Å². The number of carboxylic acids is 1. The van der Waals surface area contributed by atoms with Crippen LogP contribution in [0.5, 0.6) is 0 Å². The number of aromatic carboxylic acids is 1. The van der Waals surface area contributed by atoms with Gasteiger partial charge in [-0.1, -0.05) is 0 Å². The van der Waals surface area contributed by atoms with E-state index in [1.807, 2.05) is 0 Å². The third kappa shape index (κ3) is 2.01. The Morgan fingerprint density at radius 3 is 2.56 bits per heavy atom. The molecule has 2 aromatic heterocycles. The lowest BCUT2D eigenvalue weighted by Gasteiger charge is -2.09. The molecule has 0 bridgehead atoms. The van der Waals surface area contributed by atoms with Crippen molar-refractivity contribution in [2.24, 2.45) is 0 Å². The summed E-state index contributed by atoms with van der Waals surface area (Å²) < 4.78 is 38.1. The van der Waals surface area contributed by atoms with E-state index in [2.05, 4.69) is 20.2 Å². The number of alkyl halides is 3. The second kappa shape index (κ2) is 4.09. The smallest absolute Gasteiger partial charge is 0.435 e. The highest BCUT2D eigenvalue weighted by Gasteiger charge is 2.37. The Morgan fingerprint density at radius 2 is 1.94 bits per heavy atom. The Balaban J connectivity index is 2.65. The molecule has 94 valence electrons. The summed E-state index contributed by atoms with van der Waals surface area (Å²) in [4.78, 5) is 17.5. The number of hydrogen-bond acceptors (Lipinski definition) is 4. The molecule has 0 radical (unpaired) electrons. The summed E-state index contributed by atoms with van der Waals surface area (Å²) in [5, 5.41) is 14.4. The molecule has 0 aromatic carbocycles. The van der Waals surface area contributed by atoms with Crippen LogP contribution >= 0.6 is 0 Å². The molecule has 2 aromatic rings. The summed E-state index contributed by atoms with van der Waals surface area (Å²) in [6, 6.07) is 0. The van der Waals surface area contributed by atoms with E-state index in [1.165, 1.54) is 0 Å². The van der Waals surface area contributed by atoms with Crippen LogP contribution in [0.4, 0.5) is 13.2 Å². The maximum atomic E-state index is 12.7. The van der Waals surface area contributed by atoms with Gasteiger partial charge in [-0.2, -0.15) is 18.3 Å². The zero-order valence-electron chi connectivity index (χ0n) is 8.56. The fourth-order valence-electron chi connectivity index (χ4n) is 1.36. The molecule has 18 heavy (non-hydrogen) atoms. The Bertz CT molecular complexity index is 593. The van der Waals surface area contributed by atoms with E-state index < -0.39 is 29.1 Å². The molecule has 0 saturated carbocycles. The quantitative estimate of drug-likeness (QED) is 0.853. The normalized spacial score (nSPS) is 11.5. The van der Waals surface area contributed by atoms with Crippen molar-refractivity contribution >= 4 is 5.97 Å². The van der Waals surface area contributed by atoms with Gasteiger partial charge in [-0.3, -0.25) is 10.1 Å². The molecule has 9 heteroatoms. The first-order valence-corrected chi connectivity index (χ1v) is 4.56. The fraction of sp³-hybridized carbons (Fsp3) is 0.111. The van der Waals surface area contributed by atoms with Crippen molar-refractivity contribution in [2.75, 3.05) is 0 Å². The third-order valence-corrected chi connectivity index (χ3v) is 2.07. The zero-order valence-corrected chi connectivity index (χ0v) is 8.56. The molecule has 0 aliphatic heterocycles. The molecule has 0 atom stereocenters. The summed E-state index contributed by atoms with van der Waals surface area (Å²) in [5.41, 5.74) is -2.60. The topological polar surface area (TPSA) is 91.8 Å². The van der Waals surface area contributed by atoms with E-state index in [4.69, 9.17) is 5.11 Å². The van der Waals surface area contributed by atoms with E-state index in [-0.39, 0.29) is 5.69 Å². The van der Waals surface area contributed by atoms with Crippen molar-refractivity contribution in [3.8, 4) is 11.4 Å². The van der Waals surface area contributed by atoms with Crippen molar-refractivity contribution < 1.29 is 23.1 Å². The SMILES string of the molecule is O=C(O)c1cn[nH]c1-c1nccnc1C(F)(F)F. The highest BCUT2D eigenvalue weighted by molar-refractivity contribution is 5.94. The van der Waals surface area contributed by atoms with Crippen molar-refractivity contribution in [1.29, 1.82) is 0 Å². The van der Waals surface area contributed by atoms with Crippen LogP contribution in [0.15, 0.2) is 18.6 Å². The van der Waals surface area contributed by atoms with E-state index >= 15 is 0 Å². The molecule has 0 aliphatic carbocycles. The molecule has 2 heterocycles. The van der Waals surface area contributed by atoms with Crippen LogP contribution in [-0.4, -0.2) is 31.2 Å². The Morgan fingerprint density at radius 1 is 1.28 bits per heavy atom. The lowest BCUT2D eigenvalue weighted by Crippen LogP contribution is -2.12. The minimum atomic E-state index is -4.73. The summed E-state index contributed by atoms with van der Waals surface area (Å²) in [6.45, 7) is 0. The van der Waals surface area contributed by atoms with Gasteiger partial charge in [0.2, 0.25) is 0 Å². The molecular weight excluding hydrogens is 253 g/mol. The second-order valence-corrected chi connectivity index (χ2v) is 3.22. The van der Waals surface area contributed by atoms with Crippen LogP contribution in [-0.2, 0) is 6.18 Å². The van der Waals surface area contributed by atoms with Crippen LogP contribution in [0.25, 0.3) is 11.4 Å². The maximum Gasteiger partial charge on any atom is 0.435 e. The summed E-state index contributed by atoms with van der Waals surface area (Å²) in [5.74, 6) is -1.41. The number of aromatic amines is 1. The van der Waals surface area contributed by atoms with Crippen molar-refractivity contribution in [3.63, 3.8) is 0 Å². The third-order valence-electron chi connectivity index (χ3n) is 2.07. The maximum absolute atomic E-state index is 12.7. The largest absolute Gasteiger partial charge is 0.478 e. The number of nitrogens with zero attached hydrogens (tertiary/aromatic N) is 3. The van der Waals surface area contributed by atoms with Gasteiger partial charge in [-0.05, 0) is 0 Å². The average Bonchev–Trinajstić information content (AvgIpc) is 2.76. The molecule has 0 aliphatic rings. The molecule has 2 rings (SSSR count). The first-order valence-electron chi connectivity index (χ1n) is 4.56. The van der Waals surface area contributed by atoms with E-state index in [1.54, 1.807) is 0 Å². The Hall–Kier alpha value is -2.45. The van der Waals surface area contributed by atoms with Gasteiger partial charge in [-0.15, -0.1) is 0 Å². The molecule has 0 spiro atoms. The first-order chi connectivity index (χ1) is 8.41. The number of carbonyl (C=O) groups is 1. The van der Waals surface area contributed by atoms with E-state index in [9.17, 15) is 18.0 Å². The monoisotopic (exact) mass is 258 g/mol. The van der Waals surface area contributed by atoms with Gasteiger partial charge in [0.25, 0.3) is 0 Å². The highest BCUT2D eigenvalue weighted by atomic mass is 19.4. The number of halogens is 3. The number of nitrogens with one attached hydrogen (secondary N) is 1. The van der Waals surface area contributed by atoms with Crippen LogP contribution in [0, 0.1) is 0 Å². The second-order valence-electron chi connectivity index (χ2n) is 3.22. The highest BCUT2D eigenvalue weighted by Crippen LogP contribution is 2.34. The van der Waals surface area contributed by atoms with E-state index in [0.29, 0.717) is 0 Å². The zero-order chi connectivity index (χ0) is 13.3. The first kappa shape index (κ1) is 12.0. The standard InChI is InChI=1S/C9H5F3N4O2/c10-9(11,12)7-6(13-1-2-14-7)5-4(8(17)18)3-15-16-5/h1-3H,(H,15,16)(H,17,18). The van der Waals surface area contributed by atoms with Gasteiger partial charge >= 0.3 is 12.1 Å². The molecular formula is C9H5F3N4O2. The predicted octanol–water partition coefficient (Wildman–Crippen LogP) is 1.58.